The number of para-hydroxylation sites is 1. The lowest BCUT2D eigenvalue weighted by Gasteiger charge is -2.17. The third-order valence-electron chi connectivity index (χ3n) is 5.35. The van der Waals surface area contributed by atoms with Gasteiger partial charge in [-0.15, -0.1) is 12.4 Å². The summed E-state index contributed by atoms with van der Waals surface area (Å²) in [7, 11) is 0. The molecule has 0 saturated carbocycles. The summed E-state index contributed by atoms with van der Waals surface area (Å²) in [6, 6.07) is 16.0. The van der Waals surface area contributed by atoms with Gasteiger partial charge in [-0.05, 0) is 36.2 Å². The largest absolute Gasteiger partial charge is 0.330 e. The Hall–Kier alpha value is -3.21. The van der Waals surface area contributed by atoms with Crippen LogP contribution in [0.25, 0.3) is 0 Å². The molecule has 1 aliphatic rings. The van der Waals surface area contributed by atoms with Gasteiger partial charge < -0.3 is 14.8 Å². The van der Waals surface area contributed by atoms with Crippen molar-refractivity contribution in [1.82, 2.24) is 14.9 Å². The maximum Gasteiger partial charge on any atom is 0.244 e. The lowest BCUT2D eigenvalue weighted by atomic mass is 10.1. The topological polar surface area (TPSA) is 74.0 Å². The fourth-order valence-corrected chi connectivity index (χ4v) is 3.75. The van der Waals surface area contributed by atoms with E-state index in [9.17, 15) is 9.18 Å². The molecule has 6 nitrogen and oxygen atoms in total. The lowest BCUT2D eigenvalue weighted by Crippen LogP contribution is -2.39. The summed E-state index contributed by atoms with van der Waals surface area (Å²) in [6.07, 6.45) is 4.98. The summed E-state index contributed by atoms with van der Waals surface area (Å²) in [5.41, 5.74) is 2.74. The molecule has 1 fully saturated rings. The number of carbonyl (C=O) groups is 1. The molecule has 2 heterocycles. The second-order valence-corrected chi connectivity index (χ2v) is 7.31. The third kappa shape index (κ3) is 5.10. The highest BCUT2D eigenvalue weighted by Gasteiger charge is 2.31. The molecule has 160 valence electrons. The van der Waals surface area contributed by atoms with Crippen molar-refractivity contribution in [2.45, 2.75) is 25.4 Å². The summed E-state index contributed by atoms with van der Waals surface area (Å²) >= 11 is 0. The summed E-state index contributed by atoms with van der Waals surface area (Å²) in [5, 5.41) is 12.2. The van der Waals surface area contributed by atoms with Crippen molar-refractivity contribution in [1.29, 1.82) is 5.26 Å². The number of imidazole rings is 1. The number of hydrogen-bond donors (Lipinski definition) is 1. The van der Waals surface area contributed by atoms with Gasteiger partial charge in [0.25, 0.3) is 0 Å². The molecule has 0 spiro atoms. The maximum absolute atomic E-state index is 13.9. The van der Waals surface area contributed by atoms with Crippen LogP contribution in [0.5, 0.6) is 0 Å². The lowest BCUT2D eigenvalue weighted by molar-refractivity contribution is -0.118. The Labute approximate surface area is 186 Å². The molecule has 3 aromatic rings. The van der Waals surface area contributed by atoms with Crippen molar-refractivity contribution in [2.24, 2.45) is 0 Å². The number of halogens is 2. The number of hydrogen-bond acceptors (Lipinski definition) is 4. The highest BCUT2D eigenvalue weighted by atomic mass is 35.5. The summed E-state index contributed by atoms with van der Waals surface area (Å²) < 4.78 is 15.8. The van der Waals surface area contributed by atoms with Crippen LogP contribution in [-0.2, 0) is 17.8 Å². The van der Waals surface area contributed by atoms with Crippen molar-refractivity contribution in [2.75, 3.05) is 18.0 Å². The Balaban J connectivity index is 0.00000272. The predicted octanol–water partition coefficient (Wildman–Crippen LogP) is 3.30. The van der Waals surface area contributed by atoms with Gasteiger partial charge in [0.15, 0.2) is 0 Å². The maximum atomic E-state index is 13.9. The van der Waals surface area contributed by atoms with Gasteiger partial charge in [-0.1, -0.05) is 24.3 Å². The molecular formula is C23H23ClFN5O. The van der Waals surface area contributed by atoms with Crippen molar-refractivity contribution < 1.29 is 9.18 Å². The molecule has 2 aromatic carbocycles. The second kappa shape index (κ2) is 10.2. The zero-order valence-corrected chi connectivity index (χ0v) is 17.7. The van der Waals surface area contributed by atoms with E-state index in [2.05, 4.69) is 10.3 Å². The van der Waals surface area contributed by atoms with Crippen LogP contribution in [0, 0.1) is 17.1 Å². The van der Waals surface area contributed by atoms with Crippen molar-refractivity contribution in [3.63, 3.8) is 0 Å². The van der Waals surface area contributed by atoms with Gasteiger partial charge in [-0.25, -0.2) is 9.37 Å². The van der Waals surface area contributed by atoms with Crippen LogP contribution >= 0.6 is 12.4 Å². The molecule has 1 unspecified atom stereocenters. The van der Waals surface area contributed by atoms with E-state index in [1.165, 1.54) is 12.1 Å². The average molecular weight is 440 g/mol. The van der Waals surface area contributed by atoms with E-state index in [4.69, 9.17) is 5.26 Å². The number of nitrogens with one attached hydrogen (secondary N) is 1. The fourth-order valence-electron chi connectivity index (χ4n) is 3.75. The van der Waals surface area contributed by atoms with Crippen LogP contribution in [0.2, 0.25) is 0 Å². The first-order valence-corrected chi connectivity index (χ1v) is 9.93. The molecule has 4 rings (SSSR count). The van der Waals surface area contributed by atoms with E-state index in [-0.39, 0.29) is 29.9 Å². The number of nitrogens with zero attached hydrogens (tertiary/aromatic N) is 4. The second-order valence-electron chi connectivity index (χ2n) is 7.31. The number of benzene rings is 2. The molecule has 8 heteroatoms. The number of carbonyl (C=O) groups excluding carboxylic acids is 1. The first kappa shape index (κ1) is 22.5. The van der Waals surface area contributed by atoms with Gasteiger partial charge in [0, 0.05) is 43.6 Å². The summed E-state index contributed by atoms with van der Waals surface area (Å²) in [4.78, 5) is 18.7. The Morgan fingerprint density at radius 2 is 2.03 bits per heavy atom. The molecule has 31 heavy (non-hydrogen) atoms. The number of rotatable bonds is 7. The van der Waals surface area contributed by atoms with Crippen LogP contribution in [0.15, 0.2) is 61.1 Å². The number of aromatic nitrogens is 2. The summed E-state index contributed by atoms with van der Waals surface area (Å²) in [6.45, 7) is 1.83. The first-order chi connectivity index (χ1) is 14.7. The molecule has 1 aliphatic heterocycles. The minimum atomic E-state index is -0.513. The van der Waals surface area contributed by atoms with Gasteiger partial charge in [-0.2, -0.15) is 5.26 Å². The van der Waals surface area contributed by atoms with E-state index < -0.39 is 5.82 Å². The normalized spacial score (nSPS) is 15.5. The number of amides is 1. The molecule has 1 aromatic heterocycles. The summed E-state index contributed by atoms with van der Waals surface area (Å²) in [5.74, 6) is -0.413. The van der Waals surface area contributed by atoms with E-state index in [1.54, 1.807) is 18.6 Å². The Morgan fingerprint density at radius 3 is 2.77 bits per heavy atom. The third-order valence-corrected chi connectivity index (χ3v) is 5.35. The van der Waals surface area contributed by atoms with Crippen LogP contribution in [0.4, 0.5) is 10.1 Å². The zero-order chi connectivity index (χ0) is 20.9. The molecule has 1 N–H and O–H groups in total. The van der Waals surface area contributed by atoms with E-state index >= 15 is 0 Å². The monoisotopic (exact) mass is 439 g/mol. The molecule has 0 radical (unpaired) electrons. The fraction of sp³-hybridized carbons (Fsp3) is 0.261. The van der Waals surface area contributed by atoms with E-state index in [0.29, 0.717) is 26.1 Å². The van der Waals surface area contributed by atoms with Gasteiger partial charge in [0.2, 0.25) is 5.91 Å². The zero-order valence-electron chi connectivity index (χ0n) is 16.9. The standard InChI is InChI=1S/C23H22FN5O.ClH/c24-21-12-17(6-7-18(21)13-25)15-28-16-26-14-20(28)8-10-27-22-9-11-29(23(22)30)19-4-2-1-3-5-19;/h1-7,12,14,16,22,27H,8-11,15H2;1H. The molecule has 1 atom stereocenters. The smallest absolute Gasteiger partial charge is 0.244 e. The number of nitriles is 1. The molecule has 1 saturated heterocycles. The van der Waals surface area contributed by atoms with Crippen molar-refractivity contribution in [3.8, 4) is 6.07 Å². The van der Waals surface area contributed by atoms with Gasteiger partial charge >= 0.3 is 0 Å². The minimum Gasteiger partial charge on any atom is -0.330 e. The van der Waals surface area contributed by atoms with Crippen molar-refractivity contribution in [3.05, 3.63) is 83.7 Å². The Kier molecular flexibility index (Phi) is 7.40. The van der Waals surface area contributed by atoms with Crippen LogP contribution < -0.4 is 10.2 Å². The van der Waals surface area contributed by atoms with E-state index in [0.717, 1.165) is 23.4 Å². The number of anilines is 1. The Morgan fingerprint density at radius 1 is 1.23 bits per heavy atom. The highest BCUT2D eigenvalue weighted by Crippen LogP contribution is 2.21. The first-order valence-electron chi connectivity index (χ1n) is 9.93. The van der Waals surface area contributed by atoms with Gasteiger partial charge in [0.05, 0.1) is 17.9 Å². The molecular weight excluding hydrogens is 417 g/mol. The SMILES string of the molecule is Cl.N#Cc1ccc(Cn2cncc2CCNC2CCN(c3ccccc3)C2=O)cc1F. The van der Waals surface area contributed by atoms with Crippen LogP contribution in [0.3, 0.4) is 0 Å². The minimum absolute atomic E-state index is 0. The Bertz CT molecular complexity index is 1080. The molecule has 1 amide bonds. The van der Waals surface area contributed by atoms with Crippen molar-refractivity contribution >= 4 is 24.0 Å². The molecule has 0 aliphatic carbocycles. The average Bonchev–Trinajstić information content (AvgIpc) is 3.35. The van der Waals surface area contributed by atoms with Gasteiger partial charge in [-0.3, -0.25) is 4.79 Å². The van der Waals surface area contributed by atoms with E-state index in [1.807, 2.05) is 45.9 Å². The quantitative estimate of drug-likeness (QED) is 0.613. The van der Waals surface area contributed by atoms with Crippen LogP contribution in [-0.4, -0.2) is 34.6 Å². The molecule has 0 bridgehead atoms. The van der Waals surface area contributed by atoms with Crippen LogP contribution in [0.1, 0.15) is 23.2 Å². The predicted molar refractivity (Wildman–Crippen MR) is 119 cm³/mol. The van der Waals surface area contributed by atoms with Gasteiger partial charge in [0.1, 0.15) is 11.9 Å². The highest BCUT2D eigenvalue weighted by molar-refractivity contribution is 5.99.